The number of amides is 4. The van der Waals surface area contributed by atoms with Crippen molar-refractivity contribution >= 4 is 96.6 Å². The lowest BCUT2D eigenvalue weighted by Gasteiger charge is -2.29. The molecule has 3 aliphatic heterocycles. The van der Waals surface area contributed by atoms with Crippen LogP contribution >= 0.6 is 21.6 Å². The van der Waals surface area contributed by atoms with E-state index in [1.54, 1.807) is 41.3 Å². The van der Waals surface area contributed by atoms with Gasteiger partial charge in [-0.2, -0.15) is 4.98 Å². The van der Waals surface area contributed by atoms with E-state index in [2.05, 4.69) is 35.9 Å². The third kappa shape index (κ3) is 10.7. The normalized spacial score (nSPS) is 19.7. The summed E-state index contributed by atoms with van der Waals surface area (Å²) in [5, 5.41) is 16.4. The molecule has 1 aliphatic carbocycles. The molecule has 71 heavy (non-hydrogen) atoms. The molecule has 1 unspecified atom stereocenters. The van der Waals surface area contributed by atoms with Gasteiger partial charge in [0.05, 0.1) is 48.0 Å². The lowest BCUT2D eigenvalue weighted by Crippen LogP contribution is -2.43. The van der Waals surface area contributed by atoms with Gasteiger partial charge in [0.2, 0.25) is 23.4 Å². The molecule has 2 fully saturated rings. The summed E-state index contributed by atoms with van der Waals surface area (Å²) in [5.41, 5.74) is 18.3. The molecular weight excluding hydrogens is 989 g/mol. The lowest BCUT2D eigenvalue weighted by molar-refractivity contribution is -0.139. The number of fused-ring (bicyclic) bond motifs is 5. The SMILES string of the molecule is CC1=C(N)C(=O)C2=C(C1=O)N1C[C@H]3[C@@H](C1[C@@H]2COC(N)=O)N3C(=O)OCc1ccc(SSC[C@H](NC(=O)CC[C@H](NC(=O)c2ccc(NCc3cnc4nc(N)[nH]c(=O)c4n3)cc2)C(=O)O)[SH](=O)=O)cc1. The summed E-state index contributed by atoms with van der Waals surface area (Å²) in [6.45, 7) is 1.52. The predicted octanol–water partition coefficient (Wildman–Crippen LogP) is 0.102. The summed E-state index contributed by atoms with van der Waals surface area (Å²) >= 11 is 0. The van der Waals surface area contributed by atoms with Crippen molar-refractivity contribution in [1.82, 2.24) is 40.4 Å². The molecule has 4 aliphatic rings. The van der Waals surface area contributed by atoms with E-state index in [1.165, 1.54) is 40.9 Å². The number of nitrogens with two attached hydrogens (primary N) is 3. The van der Waals surface area contributed by atoms with Crippen LogP contribution in [0.5, 0.6) is 0 Å². The Morgan fingerprint density at radius 2 is 1.70 bits per heavy atom. The van der Waals surface area contributed by atoms with E-state index in [-0.39, 0.29) is 89.7 Å². The Bertz CT molecular complexity index is 3070. The zero-order valence-corrected chi connectivity index (χ0v) is 39.7. The van der Waals surface area contributed by atoms with Crippen molar-refractivity contribution in [3.05, 3.63) is 104 Å². The summed E-state index contributed by atoms with van der Waals surface area (Å²) in [6.07, 6.45) is -0.985. The topological polar surface area (TPSA) is 384 Å². The lowest BCUT2D eigenvalue weighted by atomic mass is 9.84. The number of aromatic amines is 1. The van der Waals surface area contributed by atoms with Gasteiger partial charge in [0.25, 0.3) is 11.5 Å². The Labute approximate surface area is 411 Å². The highest BCUT2D eigenvalue weighted by molar-refractivity contribution is 8.76. The van der Waals surface area contributed by atoms with Gasteiger partial charge in [-0.25, -0.2) is 32.8 Å². The van der Waals surface area contributed by atoms with E-state index >= 15 is 0 Å². The Hall–Kier alpha value is -7.72. The first kappa shape index (κ1) is 49.7. The molecule has 2 saturated heterocycles. The standard InChI is InChI=1S/C43H44N12O13S3/c1-18-30(44)36(58)29-24(16-67-42(46)63)32-33-26(14-54(32)34(29)35(18)57)55(33)43(64)68-15-19-2-8-23(9-3-19)70-69-17-28(71(65)66)51-27(56)11-10-25(40(61)62)50-38(59)20-4-6-21(7-5-20)47-12-22-13-48-37-31(49-22)39(60)53-41(45)52-37/h2-9,13,24-26,28,32-33,47,71H,10-12,14-17,44H2,1H3,(H2,46,63)(H,50,59)(H,51,56)(H,61,62)(H3,45,48,52,53,60)/t24-,25+,26+,28-,32?,33+,55?/m1/s1. The fourth-order valence-electron chi connectivity index (χ4n) is 8.55. The van der Waals surface area contributed by atoms with E-state index in [1.807, 2.05) is 0 Å². The second-order valence-corrected chi connectivity index (χ2v) is 20.2. The molecule has 372 valence electrons. The van der Waals surface area contributed by atoms with Crippen LogP contribution in [0, 0.1) is 5.92 Å². The van der Waals surface area contributed by atoms with E-state index in [0.29, 0.717) is 16.9 Å². The molecule has 4 aromatic rings. The fraction of sp³-hybridized carbons (Fsp3) is 0.326. The van der Waals surface area contributed by atoms with E-state index in [4.69, 9.17) is 26.7 Å². The number of carbonyl (C=O) groups is 7. The second kappa shape index (κ2) is 20.7. The molecule has 0 saturated carbocycles. The Kier molecular flexibility index (Phi) is 14.5. The van der Waals surface area contributed by atoms with Crippen molar-refractivity contribution in [1.29, 1.82) is 0 Å². The number of Topliss-reactive ketones (excluding diaryl/α,β-unsaturated/α-hetero) is 2. The van der Waals surface area contributed by atoms with Crippen molar-refractivity contribution in [3.8, 4) is 0 Å². The average Bonchev–Trinajstić information content (AvgIpc) is 3.76. The highest BCUT2D eigenvalue weighted by Crippen LogP contribution is 2.53. The minimum Gasteiger partial charge on any atom is -0.480 e. The third-order valence-electron chi connectivity index (χ3n) is 12.1. The minimum atomic E-state index is -3.13. The first-order valence-electron chi connectivity index (χ1n) is 21.5. The zero-order valence-electron chi connectivity index (χ0n) is 37.2. The number of aliphatic carboxylic acids is 1. The van der Waals surface area contributed by atoms with Gasteiger partial charge < -0.3 is 52.6 Å². The number of hydrogen-bond donors (Lipinski definition) is 9. The molecule has 25 nitrogen and oxygen atoms in total. The quantitative estimate of drug-likeness (QED) is 0.0260. The third-order valence-corrected chi connectivity index (χ3v) is 15.5. The van der Waals surface area contributed by atoms with Crippen LogP contribution in [-0.4, -0.2) is 133 Å². The molecule has 11 N–H and O–H groups in total. The fourth-order valence-corrected chi connectivity index (χ4v) is 11.8. The van der Waals surface area contributed by atoms with Crippen LogP contribution in [0.4, 0.5) is 21.2 Å². The van der Waals surface area contributed by atoms with Crippen molar-refractivity contribution in [2.75, 3.05) is 30.0 Å². The number of piperazine rings is 1. The first-order chi connectivity index (χ1) is 33.9. The van der Waals surface area contributed by atoms with Crippen LogP contribution in [0.2, 0.25) is 0 Å². The number of primary amides is 1. The summed E-state index contributed by atoms with van der Waals surface area (Å²) in [7, 11) is -0.761. The molecule has 8 rings (SSSR count). The maximum atomic E-state index is 13.3. The molecule has 2 aromatic carbocycles. The monoisotopic (exact) mass is 1030 g/mol. The van der Waals surface area contributed by atoms with Gasteiger partial charge in [-0.1, -0.05) is 33.7 Å². The number of nitrogens with one attached hydrogen (secondary N) is 4. The molecule has 0 spiro atoms. The number of carboxylic acid groups (broad SMARTS) is 1. The summed E-state index contributed by atoms with van der Waals surface area (Å²) < 4.78 is 34.8. The van der Waals surface area contributed by atoms with Crippen LogP contribution in [-0.2, 0) is 52.5 Å². The number of allylic oxidation sites excluding steroid dienone is 2. The highest BCUT2D eigenvalue weighted by Gasteiger charge is 2.69. The molecule has 4 amide bonds. The number of nitrogen functional groups attached to an aromatic ring is 1. The predicted molar refractivity (Wildman–Crippen MR) is 254 cm³/mol. The number of carboxylic acids is 1. The highest BCUT2D eigenvalue weighted by atomic mass is 33.1. The summed E-state index contributed by atoms with van der Waals surface area (Å²) in [4.78, 5) is 120. The number of carbonyl (C=O) groups excluding carboxylic acids is 6. The minimum absolute atomic E-state index is 0.0135. The van der Waals surface area contributed by atoms with Crippen LogP contribution in [0.15, 0.2) is 87.0 Å². The first-order valence-corrected chi connectivity index (χ1v) is 25.1. The van der Waals surface area contributed by atoms with Crippen LogP contribution in [0.25, 0.3) is 11.2 Å². The van der Waals surface area contributed by atoms with E-state index < -0.39 is 93.6 Å². The number of anilines is 2. The van der Waals surface area contributed by atoms with Crippen LogP contribution in [0.1, 0.15) is 41.4 Å². The molecule has 6 atom stereocenters. The van der Waals surface area contributed by atoms with Gasteiger partial charge in [0.15, 0.2) is 21.9 Å². The van der Waals surface area contributed by atoms with E-state index in [0.717, 1.165) is 15.7 Å². The summed E-state index contributed by atoms with van der Waals surface area (Å²) in [5.74, 6) is -4.68. The smallest absolute Gasteiger partial charge is 0.410 e. The van der Waals surface area contributed by atoms with Gasteiger partial charge in [-0.3, -0.25) is 33.9 Å². The van der Waals surface area contributed by atoms with Crippen molar-refractivity contribution in [2.45, 2.75) is 67.4 Å². The van der Waals surface area contributed by atoms with Gasteiger partial charge in [-0.05, 0) is 55.3 Å². The Morgan fingerprint density at radius 1 is 0.972 bits per heavy atom. The van der Waals surface area contributed by atoms with Gasteiger partial charge >= 0.3 is 18.2 Å². The van der Waals surface area contributed by atoms with Gasteiger partial charge in [-0.15, -0.1) is 0 Å². The zero-order chi connectivity index (χ0) is 50.8. The Balaban J connectivity index is 0.753. The Morgan fingerprint density at radius 3 is 2.39 bits per heavy atom. The number of rotatable bonds is 19. The van der Waals surface area contributed by atoms with Gasteiger partial charge in [0.1, 0.15) is 24.6 Å². The molecule has 5 heterocycles. The average molecular weight is 1030 g/mol. The number of nitrogens with zero attached hydrogens (tertiary/aromatic N) is 5. The molecule has 28 heteroatoms. The second-order valence-electron chi connectivity index (χ2n) is 16.6. The van der Waals surface area contributed by atoms with Crippen LogP contribution in [0.3, 0.4) is 0 Å². The number of benzene rings is 2. The largest absolute Gasteiger partial charge is 0.480 e. The molecule has 0 radical (unpaired) electrons. The van der Waals surface area contributed by atoms with Crippen molar-refractivity contribution in [2.24, 2.45) is 17.4 Å². The molecule has 2 aromatic heterocycles. The molecule has 0 bridgehead atoms. The molecular formula is C43H44N12O13S3. The number of H-pyrrole nitrogens is 1. The van der Waals surface area contributed by atoms with Crippen molar-refractivity contribution < 1.29 is 56.6 Å². The number of thiol groups is 1. The number of hydrogen-bond acceptors (Lipinski definition) is 21. The number of aromatic nitrogens is 4. The number of ether oxygens (including phenoxy) is 2. The van der Waals surface area contributed by atoms with Crippen LogP contribution < -0.4 is 38.7 Å². The van der Waals surface area contributed by atoms with Crippen molar-refractivity contribution in [3.63, 3.8) is 0 Å². The van der Waals surface area contributed by atoms with E-state index in [9.17, 15) is 51.9 Å². The number of ketones is 2. The summed E-state index contributed by atoms with van der Waals surface area (Å²) in [6, 6.07) is 10.2. The maximum absolute atomic E-state index is 13.3. The maximum Gasteiger partial charge on any atom is 0.410 e. The van der Waals surface area contributed by atoms with Gasteiger partial charge in [0, 0.05) is 51.9 Å².